The number of benzene rings is 2. The topological polar surface area (TPSA) is 93.7 Å². The highest BCUT2D eigenvalue weighted by atomic mass is 35.5. The first-order valence-corrected chi connectivity index (χ1v) is 11.4. The summed E-state index contributed by atoms with van der Waals surface area (Å²) < 4.78 is 3.59. The van der Waals surface area contributed by atoms with Crippen molar-refractivity contribution < 1.29 is 9.59 Å². The van der Waals surface area contributed by atoms with Crippen LogP contribution in [0.25, 0.3) is 22.4 Å². The molecule has 5 aromatic rings. The summed E-state index contributed by atoms with van der Waals surface area (Å²) in [6, 6.07) is 16.2. The number of carbonyl (C=O) groups excluding carboxylic acids is 2. The maximum Gasteiger partial charge on any atom is 0.234 e. The summed E-state index contributed by atoms with van der Waals surface area (Å²) >= 11 is 7.27. The van der Waals surface area contributed by atoms with Crippen molar-refractivity contribution in [2.45, 2.75) is 12.1 Å². The number of nitrogens with one attached hydrogen (secondary N) is 1. The van der Waals surface area contributed by atoms with Crippen molar-refractivity contribution in [1.82, 2.24) is 24.2 Å². The van der Waals surface area contributed by atoms with Crippen LogP contribution in [0, 0.1) is 0 Å². The van der Waals surface area contributed by atoms with Crippen LogP contribution in [0.3, 0.4) is 0 Å². The van der Waals surface area contributed by atoms with Crippen molar-refractivity contribution in [3.63, 3.8) is 0 Å². The second-order valence-electron chi connectivity index (χ2n) is 7.31. The molecular weight excluding hydrogens is 460 g/mol. The van der Waals surface area contributed by atoms with E-state index in [1.165, 1.54) is 18.7 Å². The molecule has 164 valence electrons. The molecule has 10 heteroatoms. The van der Waals surface area contributed by atoms with E-state index in [-0.39, 0.29) is 17.4 Å². The Morgan fingerprint density at radius 1 is 1.03 bits per heavy atom. The number of amides is 1. The van der Waals surface area contributed by atoms with Gasteiger partial charge >= 0.3 is 0 Å². The number of carbonyl (C=O) groups is 2. The number of nitrogens with zero attached hydrogens (tertiary/aromatic N) is 5. The molecule has 3 heterocycles. The number of hydrogen-bond donors (Lipinski definition) is 1. The van der Waals surface area contributed by atoms with Crippen LogP contribution in [0.4, 0.5) is 5.69 Å². The van der Waals surface area contributed by atoms with Crippen molar-refractivity contribution in [3.8, 4) is 11.3 Å². The van der Waals surface area contributed by atoms with Crippen molar-refractivity contribution in [3.05, 3.63) is 77.6 Å². The van der Waals surface area contributed by atoms with Gasteiger partial charge in [0.15, 0.2) is 16.6 Å². The second-order valence-corrected chi connectivity index (χ2v) is 8.69. The van der Waals surface area contributed by atoms with Crippen LogP contribution >= 0.6 is 23.4 Å². The smallest absolute Gasteiger partial charge is 0.234 e. The van der Waals surface area contributed by atoms with E-state index >= 15 is 0 Å². The van der Waals surface area contributed by atoms with E-state index in [9.17, 15) is 9.59 Å². The van der Waals surface area contributed by atoms with E-state index in [0.29, 0.717) is 27.1 Å². The molecule has 0 aliphatic rings. The highest BCUT2D eigenvalue weighted by Crippen LogP contribution is 2.25. The Hall–Kier alpha value is -3.69. The predicted octanol–water partition coefficient (Wildman–Crippen LogP) is 4.63. The lowest BCUT2D eigenvalue weighted by Gasteiger charge is -2.05. The third-order valence-electron chi connectivity index (χ3n) is 5.03. The Labute approximate surface area is 197 Å². The van der Waals surface area contributed by atoms with E-state index in [2.05, 4.69) is 20.6 Å². The van der Waals surface area contributed by atoms with E-state index in [1.807, 2.05) is 47.1 Å². The number of aromatic nitrogens is 5. The number of hydrogen-bond acceptors (Lipinski definition) is 6. The third kappa shape index (κ3) is 4.33. The molecule has 3 aromatic heterocycles. The fraction of sp³-hybridized carbons (Fsp3) is 0.0870. The van der Waals surface area contributed by atoms with Crippen molar-refractivity contribution in [1.29, 1.82) is 0 Å². The maximum atomic E-state index is 12.4. The Kier molecular flexibility index (Phi) is 5.57. The fourth-order valence-corrected chi connectivity index (χ4v) is 4.21. The minimum atomic E-state index is -0.178. The quantitative estimate of drug-likeness (QED) is 0.283. The summed E-state index contributed by atoms with van der Waals surface area (Å²) in [6.07, 6.45) is 3.65. The van der Waals surface area contributed by atoms with Crippen LogP contribution in [-0.4, -0.2) is 41.7 Å². The molecule has 0 saturated carbocycles. The average molecular weight is 477 g/mol. The van der Waals surface area contributed by atoms with Gasteiger partial charge in [-0.3, -0.25) is 14.0 Å². The van der Waals surface area contributed by atoms with Gasteiger partial charge in [-0.1, -0.05) is 35.5 Å². The van der Waals surface area contributed by atoms with E-state index in [1.54, 1.807) is 28.8 Å². The minimum absolute atomic E-state index is 0.0188. The van der Waals surface area contributed by atoms with E-state index in [0.717, 1.165) is 16.8 Å². The van der Waals surface area contributed by atoms with Gasteiger partial charge in [0.1, 0.15) is 5.52 Å². The summed E-state index contributed by atoms with van der Waals surface area (Å²) in [5.41, 5.74) is 4.43. The first kappa shape index (κ1) is 21.2. The molecule has 0 unspecified atom stereocenters. The van der Waals surface area contributed by atoms with Gasteiger partial charge in [-0.25, -0.2) is 4.52 Å². The third-order valence-corrected chi connectivity index (χ3v) is 6.23. The average Bonchev–Trinajstić information content (AvgIpc) is 3.42. The van der Waals surface area contributed by atoms with Gasteiger partial charge in [-0.15, -0.1) is 10.2 Å². The Morgan fingerprint density at radius 2 is 1.79 bits per heavy atom. The Bertz CT molecular complexity index is 1490. The summed E-state index contributed by atoms with van der Waals surface area (Å²) in [5, 5.41) is 17.3. The minimum Gasteiger partial charge on any atom is -0.325 e. The lowest BCUT2D eigenvalue weighted by molar-refractivity contribution is -0.113. The molecule has 0 bridgehead atoms. The zero-order chi connectivity index (χ0) is 22.9. The molecule has 8 nitrogen and oxygen atoms in total. The first-order chi connectivity index (χ1) is 16.0. The van der Waals surface area contributed by atoms with Gasteiger partial charge in [0.25, 0.3) is 0 Å². The number of anilines is 1. The molecule has 1 N–H and O–H groups in total. The Morgan fingerprint density at radius 3 is 2.52 bits per heavy atom. The van der Waals surface area contributed by atoms with Gasteiger partial charge in [0.05, 0.1) is 11.4 Å². The molecule has 1 amide bonds. The van der Waals surface area contributed by atoms with Crippen LogP contribution < -0.4 is 5.32 Å². The number of Topliss-reactive ketones (excluding diaryl/α,β-unsaturated/α-hetero) is 1. The molecule has 0 aliphatic carbocycles. The number of rotatable bonds is 6. The summed E-state index contributed by atoms with van der Waals surface area (Å²) in [5.74, 6) is -0.0344. The van der Waals surface area contributed by atoms with Gasteiger partial charge in [0.2, 0.25) is 5.91 Å². The number of thioether (sulfide) groups is 1. The fourth-order valence-electron chi connectivity index (χ4n) is 3.37. The molecule has 33 heavy (non-hydrogen) atoms. The lowest BCUT2D eigenvalue weighted by atomic mass is 10.1. The lowest BCUT2D eigenvalue weighted by Crippen LogP contribution is -2.14. The maximum absolute atomic E-state index is 12.4. The van der Waals surface area contributed by atoms with E-state index in [4.69, 9.17) is 11.6 Å². The van der Waals surface area contributed by atoms with Gasteiger partial charge in [-0.2, -0.15) is 5.10 Å². The summed E-state index contributed by atoms with van der Waals surface area (Å²) in [7, 11) is 0. The van der Waals surface area contributed by atoms with E-state index < -0.39 is 0 Å². The molecule has 0 atom stereocenters. The molecule has 0 spiro atoms. The summed E-state index contributed by atoms with van der Waals surface area (Å²) in [6.45, 7) is 1.50. The highest BCUT2D eigenvalue weighted by Gasteiger charge is 2.14. The molecular formula is C23H17ClN6O2S. The second kappa shape index (κ2) is 8.68. The zero-order valence-corrected chi connectivity index (χ0v) is 19.0. The van der Waals surface area contributed by atoms with Crippen LogP contribution in [0.15, 0.2) is 72.1 Å². The molecule has 2 aromatic carbocycles. The zero-order valence-electron chi connectivity index (χ0n) is 17.4. The molecule has 5 rings (SSSR count). The monoisotopic (exact) mass is 476 g/mol. The van der Waals surface area contributed by atoms with Gasteiger partial charge in [0, 0.05) is 34.2 Å². The standard InChI is InChI=1S/C23H17ClN6O2S/c1-14(31)15-4-8-18(9-5-15)25-21(32)13-33-23-27-26-22-20-12-19(16-2-6-17(24)7-3-16)28-30(20)11-10-29(22)23/h2-12H,13H2,1H3,(H,25,32). The number of fused-ring (bicyclic) bond motifs is 3. The van der Waals surface area contributed by atoms with Crippen LogP contribution in [0.2, 0.25) is 5.02 Å². The Balaban J connectivity index is 1.32. The number of ketones is 1. The summed E-state index contributed by atoms with van der Waals surface area (Å²) in [4.78, 5) is 23.8. The molecule has 0 aliphatic heterocycles. The first-order valence-electron chi connectivity index (χ1n) is 10.0. The predicted molar refractivity (Wildman–Crippen MR) is 128 cm³/mol. The molecule has 0 fully saturated rings. The van der Waals surface area contributed by atoms with Crippen molar-refractivity contribution in [2.24, 2.45) is 0 Å². The van der Waals surface area contributed by atoms with Crippen molar-refractivity contribution in [2.75, 3.05) is 11.1 Å². The highest BCUT2D eigenvalue weighted by molar-refractivity contribution is 7.99. The van der Waals surface area contributed by atoms with Crippen LogP contribution in [-0.2, 0) is 4.79 Å². The SMILES string of the molecule is CC(=O)c1ccc(NC(=O)CSc2nnc3c4cc(-c5ccc(Cl)cc5)nn4ccn23)cc1. The molecule has 0 radical (unpaired) electrons. The number of halogens is 1. The van der Waals surface area contributed by atoms with Crippen LogP contribution in [0.1, 0.15) is 17.3 Å². The van der Waals surface area contributed by atoms with Crippen molar-refractivity contribution >= 4 is 51.9 Å². The van der Waals surface area contributed by atoms with Gasteiger partial charge < -0.3 is 5.32 Å². The largest absolute Gasteiger partial charge is 0.325 e. The van der Waals surface area contributed by atoms with Crippen LogP contribution in [0.5, 0.6) is 0 Å². The molecule has 0 saturated heterocycles. The van der Waals surface area contributed by atoms with Gasteiger partial charge in [-0.05, 0) is 49.4 Å². The normalized spacial score (nSPS) is 11.2.